The third-order valence-corrected chi connectivity index (χ3v) is 7.87. The third kappa shape index (κ3) is 4.44. The molecule has 2 aromatic rings. The zero-order valence-electron chi connectivity index (χ0n) is 26.0. The van der Waals surface area contributed by atoms with Gasteiger partial charge in [0.15, 0.2) is 11.0 Å². The van der Waals surface area contributed by atoms with Crippen LogP contribution in [0.25, 0.3) is 0 Å². The molecule has 0 fully saturated rings. The second kappa shape index (κ2) is 9.08. The molecule has 3 unspecified atom stereocenters. The zero-order chi connectivity index (χ0) is 29.2. The fourth-order valence-corrected chi connectivity index (χ4v) is 6.91. The summed E-state index contributed by atoms with van der Waals surface area (Å²) in [6, 6.07) is 19.7. The van der Waals surface area contributed by atoms with Crippen molar-refractivity contribution in [2.45, 2.75) is 100 Å². The topological polar surface area (TPSA) is 47.9 Å². The van der Waals surface area contributed by atoms with Crippen molar-refractivity contribution in [2.24, 2.45) is 26.7 Å². The maximum absolute atomic E-state index is 15.0. The molecule has 0 aromatic heterocycles. The molecule has 3 atom stereocenters. The highest BCUT2D eigenvalue weighted by Crippen LogP contribution is 2.76. The number of hydrogen-bond acceptors (Lipinski definition) is 4. The van der Waals surface area contributed by atoms with E-state index in [1.807, 2.05) is 69.3 Å². The largest absolute Gasteiger partial charge is 0.464 e. The molecule has 0 spiro atoms. The molecule has 1 aliphatic heterocycles. The monoisotopic (exact) mass is 529 g/mol. The van der Waals surface area contributed by atoms with Gasteiger partial charge in [-0.2, -0.15) is 0 Å². The quantitative estimate of drug-likeness (QED) is 0.295. The van der Waals surface area contributed by atoms with E-state index in [0.717, 1.165) is 16.7 Å². The smallest absolute Gasteiger partial charge is 0.323 e. The van der Waals surface area contributed by atoms with Crippen molar-refractivity contribution in [3.8, 4) is 0 Å². The molecule has 210 valence electrons. The SMILES string of the molecule is CC(C)(C)OC(=O)C12C(C(C)(C)C)=C(C(C)(C)C)C1(C(C)(C)C)OC(c1ccccc1)=NC2c1ccccc1. The van der Waals surface area contributed by atoms with Crippen molar-refractivity contribution in [1.29, 1.82) is 0 Å². The van der Waals surface area contributed by atoms with Gasteiger partial charge in [0.2, 0.25) is 5.90 Å². The molecular weight excluding hydrogens is 482 g/mol. The van der Waals surface area contributed by atoms with E-state index in [2.05, 4.69) is 74.4 Å². The van der Waals surface area contributed by atoms with E-state index in [9.17, 15) is 4.79 Å². The van der Waals surface area contributed by atoms with Crippen LogP contribution >= 0.6 is 0 Å². The molecule has 0 bridgehead atoms. The Kier molecular flexibility index (Phi) is 6.77. The van der Waals surface area contributed by atoms with Gasteiger partial charge in [-0.3, -0.25) is 4.79 Å². The second-order valence-electron chi connectivity index (χ2n) is 15.2. The lowest BCUT2D eigenvalue weighted by molar-refractivity contribution is -0.212. The van der Waals surface area contributed by atoms with Crippen molar-refractivity contribution < 1.29 is 14.3 Å². The number of carbonyl (C=O) groups excluding carboxylic acids is 1. The predicted octanol–water partition coefficient (Wildman–Crippen LogP) is 8.72. The summed E-state index contributed by atoms with van der Waals surface area (Å²) in [4.78, 5) is 20.3. The molecule has 0 saturated carbocycles. The molecule has 0 N–H and O–H groups in total. The van der Waals surface area contributed by atoms with Crippen LogP contribution in [0.2, 0.25) is 0 Å². The lowest BCUT2D eigenvalue weighted by atomic mass is 9.36. The number of carbonyl (C=O) groups is 1. The van der Waals surface area contributed by atoms with Crippen LogP contribution in [0, 0.1) is 21.7 Å². The second-order valence-corrected chi connectivity index (χ2v) is 15.2. The first-order chi connectivity index (χ1) is 17.8. The Morgan fingerprint density at radius 3 is 1.67 bits per heavy atom. The Labute approximate surface area is 235 Å². The molecule has 2 aliphatic rings. The summed E-state index contributed by atoms with van der Waals surface area (Å²) in [6.07, 6.45) is 0. The number of hydrogen-bond donors (Lipinski definition) is 0. The number of ether oxygens (including phenoxy) is 2. The predicted molar refractivity (Wildman–Crippen MR) is 160 cm³/mol. The van der Waals surface area contributed by atoms with Crippen molar-refractivity contribution in [3.63, 3.8) is 0 Å². The van der Waals surface area contributed by atoms with Crippen LogP contribution in [0.4, 0.5) is 0 Å². The maximum atomic E-state index is 15.0. The Bertz CT molecular complexity index is 1290. The van der Waals surface area contributed by atoms with Crippen molar-refractivity contribution >= 4 is 11.9 Å². The van der Waals surface area contributed by atoms with Gasteiger partial charge in [-0.25, -0.2) is 4.99 Å². The number of rotatable bonds is 3. The van der Waals surface area contributed by atoms with E-state index in [1.54, 1.807) is 0 Å². The van der Waals surface area contributed by atoms with Gasteiger partial charge in [0.05, 0.1) is 0 Å². The first-order valence-corrected chi connectivity index (χ1v) is 14.2. The van der Waals surface area contributed by atoms with E-state index < -0.39 is 28.1 Å². The summed E-state index contributed by atoms with van der Waals surface area (Å²) in [5.41, 5.74) is 0.175. The molecule has 1 heterocycles. The third-order valence-electron chi connectivity index (χ3n) is 7.87. The normalized spacial score (nSPS) is 25.7. The van der Waals surface area contributed by atoms with E-state index in [-0.39, 0.29) is 16.8 Å². The molecular formula is C35H47NO3. The molecule has 0 amide bonds. The van der Waals surface area contributed by atoms with E-state index in [1.165, 1.54) is 5.57 Å². The van der Waals surface area contributed by atoms with Crippen LogP contribution in [-0.4, -0.2) is 23.1 Å². The summed E-state index contributed by atoms with van der Waals surface area (Å²) in [5, 5.41) is 0. The number of fused-ring (bicyclic) bond motifs is 1. The lowest BCUT2D eigenvalue weighted by Crippen LogP contribution is -2.77. The van der Waals surface area contributed by atoms with Gasteiger partial charge < -0.3 is 9.47 Å². The summed E-state index contributed by atoms with van der Waals surface area (Å²) in [5.74, 6) is 0.292. The summed E-state index contributed by atoms with van der Waals surface area (Å²) in [6.45, 7) is 25.7. The van der Waals surface area contributed by atoms with Crippen LogP contribution in [0.15, 0.2) is 76.8 Å². The summed E-state index contributed by atoms with van der Waals surface area (Å²) >= 11 is 0. The van der Waals surface area contributed by atoms with Crippen LogP contribution in [0.1, 0.15) is 100 Å². The molecule has 4 heteroatoms. The van der Waals surface area contributed by atoms with Gasteiger partial charge in [0, 0.05) is 11.0 Å². The number of nitrogens with zero attached hydrogens (tertiary/aromatic N) is 1. The fraction of sp³-hybridized carbons (Fsp3) is 0.543. The van der Waals surface area contributed by atoms with Crippen LogP contribution in [0.3, 0.4) is 0 Å². The molecule has 0 radical (unpaired) electrons. The van der Waals surface area contributed by atoms with Crippen molar-refractivity contribution in [3.05, 3.63) is 82.9 Å². The molecule has 39 heavy (non-hydrogen) atoms. The van der Waals surface area contributed by atoms with Gasteiger partial charge in [-0.1, -0.05) is 111 Å². The van der Waals surface area contributed by atoms with Crippen LogP contribution in [0.5, 0.6) is 0 Å². The number of benzene rings is 2. The Balaban J connectivity index is 2.24. The van der Waals surface area contributed by atoms with Gasteiger partial charge >= 0.3 is 5.97 Å². The lowest BCUT2D eigenvalue weighted by Gasteiger charge is -2.71. The average Bonchev–Trinajstić information content (AvgIpc) is 2.76. The van der Waals surface area contributed by atoms with Gasteiger partial charge in [-0.05, 0) is 60.4 Å². The Morgan fingerprint density at radius 1 is 0.744 bits per heavy atom. The van der Waals surface area contributed by atoms with E-state index in [0.29, 0.717) is 5.90 Å². The van der Waals surface area contributed by atoms with Gasteiger partial charge in [0.1, 0.15) is 11.6 Å². The minimum absolute atomic E-state index is 0.271. The van der Waals surface area contributed by atoms with E-state index in [4.69, 9.17) is 14.5 Å². The molecule has 4 rings (SSSR count). The maximum Gasteiger partial charge on any atom is 0.323 e. The molecule has 0 saturated heterocycles. The Morgan fingerprint density at radius 2 is 1.23 bits per heavy atom. The number of esters is 1. The highest BCUT2D eigenvalue weighted by Gasteiger charge is 2.82. The minimum Gasteiger partial charge on any atom is -0.464 e. The van der Waals surface area contributed by atoms with Crippen molar-refractivity contribution in [2.75, 3.05) is 0 Å². The first-order valence-electron chi connectivity index (χ1n) is 14.2. The van der Waals surface area contributed by atoms with Gasteiger partial charge in [0.25, 0.3) is 0 Å². The zero-order valence-corrected chi connectivity index (χ0v) is 26.0. The van der Waals surface area contributed by atoms with Crippen LogP contribution < -0.4 is 0 Å². The van der Waals surface area contributed by atoms with Gasteiger partial charge in [-0.15, -0.1) is 0 Å². The standard InChI is InChI=1S/C35H47NO3/c1-30(2,3)25-26(31(4,5)6)35(32(7,8)9)34(25,29(37)39-33(10,11)12)27(23-19-15-13-16-20-23)36-28(38-35)24-21-17-14-18-22-24/h13-22,27H,1-12H3. The van der Waals surface area contributed by atoms with E-state index >= 15 is 0 Å². The molecule has 1 aliphatic carbocycles. The Hall–Kier alpha value is -2.88. The highest BCUT2D eigenvalue weighted by atomic mass is 16.6. The average molecular weight is 530 g/mol. The molecule has 4 nitrogen and oxygen atoms in total. The first kappa shape index (κ1) is 29.1. The van der Waals surface area contributed by atoms with Crippen molar-refractivity contribution in [1.82, 2.24) is 0 Å². The fourth-order valence-electron chi connectivity index (χ4n) is 6.91. The summed E-state index contributed by atoms with van der Waals surface area (Å²) in [7, 11) is 0. The molecule has 2 aromatic carbocycles. The van der Waals surface area contributed by atoms with Crippen LogP contribution in [-0.2, 0) is 14.3 Å². The summed E-state index contributed by atoms with van der Waals surface area (Å²) < 4.78 is 13.6. The number of aliphatic imine (C=N–C) groups is 1. The highest BCUT2D eigenvalue weighted by molar-refractivity contribution is 6.00. The minimum atomic E-state index is -1.17.